The van der Waals surface area contributed by atoms with E-state index in [0.29, 0.717) is 17.2 Å². The van der Waals surface area contributed by atoms with Gasteiger partial charge in [0.25, 0.3) is 0 Å². The zero-order valence-electron chi connectivity index (χ0n) is 10.2. The van der Waals surface area contributed by atoms with Crippen LogP contribution in [0, 0.1) is 6.92 Å². The number of nitrogens with two attached hydrogens (primary N) is 1. The van der Waals surface area contributed by atoms with Crippen LogP contribution in [0.5, 0.6) is 17.2 Å². The van der Waals surface area contributed by atoms with Crippen molar-refractivity contribution in [2.75, 3.05) is 12.8 Å². The van der Waals surface area contributed by atoms with Gasteiger partial charge < -0.3 is 15.2 Å². The number of hydrogen-bond donors (Lipinski definition) is 1. The molecular weight excluding hydrogens is 294 g/mol. The molecule has 0 aliphatic rings. The summed E-state index contributed by atoms with van der Waals surface area (Å²) in [5.74, 6) is 2.13. The SMILES string of the molecule is COc1ccc(Oc2cc(C)ccc2N)c(Br)c1. The highest BCUT2D eigenvalue weighted by atomic mass is 79.9. The predicted molar refractivity (Wildman–Crippen MR) is 76.4 cm³/mol. The summed E-state index contributed by atoms with van der Waals surface area (Å²) in [4.78, 5) is 0. The summed E-state index contributed by atoms with van der Waals surface area (Å²) in [7, 11) is 1.63. The first kappa shape index (κ1) is 12.8. The molecule has 2 N–H and O–H groups in total. The second-order valence-corrected chi connectivity index (χ2v) is 4.79. The molecule has 0 aliphatic carbocycles. The van der Waals surface area contributed by atoms with Crippen LogP contribution in [-0.2, 0) is 0 Å². The van der Waals surface area contributed by atoms with E-state index in [-0.39, 0.29) is 0 Å². The highest BCUT2D eigenvalue weighted by Crippen LogP contribution is 2.35. The summed E-state index contributed by atoms with van der Waals surface area (Å²) < 4.78 is 11.7. The van der Waals surface area contributed by atoms with Crippen LogP contribution in [0.15, 0.2) is 40.9 Å². The van der Waals surface area contributed by atoms with Gasteiger partial charge in [0.1, 0.15) is 11.5 Å². The van der Waals surface area contributed by atoms with Gasteiger partial charge in [0, 0.05) is 0 Å². The van der Waals surface area contributed by atoms with E-state index in [9.17, 15) is 0 Å². The molecule has 0 saturated heterocycles. The number of ether oxygens (including phenoxy) is 2. The summed E-state index contributed by atoms with van der Waals surface area (Å²) in [6.07, 6.45) is 0. The second kappa shape index (κ2) is 5.31. The molecule has 0 unspecified atom stereocenters. The zero-order valence-corrected chi connectivity index (χ0v) is 11.8. The molecule has 3 nitrogen and oxygen atoms in total. The van der Waals surface area contributed by atoms with Crippen LogP contribution in [0.3, 0.4) is 0 Å². The Labute approximate surface area is 115 Å². The number of halogens is 1. The molecule has 2 aromatic carbocycles. The fraction of sp³-hybridized carbons (Fsp3) is 0.143. The van der Waals surface area contributed by atoms with Gasteiger partial charge in [-0.05, 0) is 58.7 Å². The van der Waals surface area contributed by atoms with Crippen molar-refractivity contribution >= 4 is 21.6 Å². The van der Waals surface area contributed by atoms with Gasteiger partial charge in [-0.15, -0.1) is 0 Å². The summed E-state index contributed by atoms with van der Waals surface area (Å²) in [5.41, 5.74) is 7.59. The number of hydrogen-bond acceptors (Lipinski definition) is 3. The molecule has 18 heavy (non-hydrogen) atoms. The normalized spacial score (nSPS) is 10.2. The standard InChI is InChI=1S/C14H14BrNO2/c1-9-3-5-12(16)14(7-9)18-13-6-4-10(17-2)8-11(13)15/h3-8H,16H2,1-2H3. The largest absolute Gasteiger partial charge is 0.497 e. The van der Waals surface area contributed by atoms with E-state index >= 15 is 0 Å². The molecular formula is C14H14BrNO2. The van der Waals surface area contributed by atoms with Crippen LogP contribution in [0.2, 0.25) is 0 Å². The smallest absolute Gasteiger partial charge is 0.150 e. The van der Waals surface area contributed by atoms with Gasteiger partial charge in [-0.1, -0.05) is 6.07 Å². The van der Waals surface area contributed by atoms with Crippen LogP contribution in [0.25, 0.3) is 0 Å². The molecule has 0 amide bonds. The Hall–Kier alpha value is -1.68. The molecule has 0 heterocycles. The fourth-order valence-electron chi connectivity index (χ4n) is 1.54. The maximum atomic E-state index is 5.88. The zero-order chi connectivity index (χ0) is 13.1. The minimum atomic E-state index is 0.614. The molecule has 0 fully saturated rings. The van der Waals surface area contributed by atoms with Crippen molar-refractivity contribution in [1.29, 1.82) is 0 Å². The van der Waals surface area contributed by atoms with Gasteiger partial charge in [-0.25, -0.2) is 0 Å². The van der Waals surface area contributed by atoms with Crippen molar-refractivity contribution in [3.05, 3.63) is 46.4 Å². The molecule has 2 aromatic rings. The molecule has 0 atom stereocenters. The molecule has 0 radical (unpaired) electrons. The van der Waals surface area contributed by atoms with Crippen molar-refractivity contribution in [1.82, 2.24) is 0 Å². The lowest BCUT2D eigenvalue weighted by Gasteiger charge is -2.11. The number of benzene rings is 2. The van der Waals surface area contributed by atoms with E-state index < -0.39 is 0 Å². The first-order valence-corrected chi connectivity index (χ1v) is 6.27. The van der Waals surface area contributed by atoms with Crippen LogP contribution < -0.4 is 15.2 Å². The lowest BCUT2D eigenvalue weighted by Crippen LogP contribution is -1.93. The fourth-order valence-corrected chi connectivity index (χ4v) is 1.98. The molecule has 2 rings (SSSR count). The Morgan fingerprint density at radius 3 is 2.50 bits per heavy atom. The van der Waals surface area contributed by atoms with E-state index in [1.165, 1.54) is 0 Å². The van der Waals surface area contributed by atoms with Crippen molar-refractivity contribution in [3.63, 3.8) is 0 Å². The van der Waals surface area contributed by atoms with E-state index in [1.807, 2.05) is 43.3 Å². The van der Waals surface area contributed by atoms with Crippen molar-refractivity contribution in [3.8, 4) is 17.2 Å². The van der Waals surface area contributed by atoms with Crippen LogP contribution in [-0.4, -0.2) is 7.11 Å². The summed E-state index contributed by atoms with van der Waals surface area (Å²) in [6.45, 7) is 2.00. The van der Waals surface area contributed by atoms with Crippen LogP contribution in [0.1, 0.15) is 5.56 Å². The van der Waals surface area contributed by atoms with Gasteiger partial charge in [0.2, 0.25) is 0 Å². The summed E-state index contributed by atoms with van der Waals surface area (Å²) >= 11 is 3.44. The van der Waals surface area contributed by atoms with Crippen molar-refractivity contribution < 1.29 is 9.47 Å². The van der Waals surface area contributed by atoms with Gasteiger partial charge >= 0.3 is 0 Å². The third kappa shape index (κ3) is 2.76. The predicted octanol–water partition coefficient (Wildman–Crippen LogP) is 4.14. The minimum Gasteiger partial charge on any atom is -0.497 e. The topological polar surface area (TPSA) is 44.5 Å². The molecule has 94 valence electrons. The van der Waals surface area contributed by atoms with Gasteiger partial charge in [0.15, 0.2) is 5.75 Å². The van der Waals surface area contributed by atoms with Crippen LogP contribution in [0.4, 0.5) is 5.69 Å². The first-order valence-electron chi connectivity index (χ1n) is 5.47. The average Bonchev–Trinajstić information content (AvgIpc) is 2.36. The van der Waals surface area contributed by atoms with E-state index in [2.05, 4.69) is 15.9 Å². The Balaban J connectivity index is 2.31. The number of methoxy groups -OCH3 is 1. The molecule has 0 spiro atoms. The van der Waals surface area contributed by atoms with Gasteiger partial charge in [0.05, 0.1) is 17.3 Å². The number of anilines is 1. The van der Waals surface area contributed by atoms with Crippen LogP contribution >= 0.6 is 15.9 Å². The third-order valence-corrected chi connectivity index (χ3v) is 3.15. The highest BCUT2D eigenvalue weighted by Gasteiger charge is 2.07. The summed E-state index contributed by atoms with van der Waals surface area (Å²) in [6, 6.07) is 11.2. The van der Waals surface area contributed by atoms with Gasteiger partial charge in [-0.2, -0.15) is 0 Å². The molecule has 4 heteroatoms. The monoisotopic (exact) mass is 307 g/mol. The van der Waals surface area contributed by atoms with Gasteiger partial charge in [-0.3, -0.25) is 0 Å². The molecule has 0 aromatic heterocycles. The Morgan fingerprint density at radius 2 is 1.83 bits per heavy atom. The Morgan fingerprint density at radius 1 is 1.06 bits per heavy atom. The molecule has 0 aliphatic heterocycles. The van der Waals surface area contributed by atoms with E-state index in [0.717, 1.165) is 15.8 Å². The highest BCUT2D eigenvalue weighted by molar-refractivity contribution is 9.10. The Bertz CT molecular complexity index is 570. The lowest BCUT2D eigenvalue weighted by atomic mass is 10.2. The average molecular weight is 308 g/mol. The molecule has 0 saturated carbocycles. The Kier molecular flexibility index (Phi) is 3.77. The number of aryl methyl sites for hydroxylation is 1. The quantitative estimate of drug-likeness (QED) is 0.867. The maximum absolute atomic E-state index is 5.88. The summed E-state index contributed by atoms with van der Waals surface area (Å²) in [5, 5.41) is 0. The second-order valence-electron chi connectivity index (χ2n) is 3.94. The lowest BCUT2D eigenvalue weighted by molar-refractivity contribution is 0.412. The first-order chi connectivity index (χ1) is 8.60. The van der Waals surface area contributed by atoms with Crippen molar-refractivity contribution in [2.45, 2.75) is 6.92 Å². The van der Waals surface area contributed by atoms with Crippen molar-refractivity contribution in [2.24, 2.45) is 0 Å². The molecule has 0 bridgehead atoms. The minimum absolute atomic E-state index is 0.614. The van der Waals surface area contributed by atoms with E-state index in [1.54, 1.807) is 7.11 Å². The number of rotatable bonds is 3. The van der Waals surface area contributed by atoms with E-state index in [4.69, 9.17) is 15.2 Å². The third-order valence-electron chi connectivity index (χ3n) is 2.53. The number of nitrogen functional groups attached to an aromatic ring is 1. The maximum Gasteiger partial charge on any atom is 0.150 e.